The summed E-state index contributed by atoms with van der Waals surface area (Å²) in [5.74, 6) is 0.568. The quantitative estimate of drug-likeness (QED) is 0.265. The van der Waals surface area contributed by atoms with E-state index in [9.17, 15) is 9.59 Å². The highest BCUT2D eigenvalue weighted by molar-refractivity contribution is 6.06. The number of hydrogen-bond acceptors (Lipinski definition) is 6. The van der Waals surface area contributed by atoms with Gasteiger partial charge in [0.25, 0.3) is 5.91 Å². The number of fused-ring (bicyclic) bond motifs is 2. The van der Waals surface area contributed by atoms with Crippen molar-refractivity contribution < 1.29 is 9.59 Å². The standard InChI is InChI=1S/C32H36N8O2/c1-20-19-38(5)26-18-24(12-13-25(20)26)35-32(42)23-10-7-9-22(17-23)28-29-30(33)34-14-16-40(29)31(36-28)21(2)39(6)27(41)11-8-15-37(3)4/h7-14,16-19,21H,15H2,1-6H3,(H2,33,34)(H,35,42)/b11-8+/t21-/m0/s1. The van der Waals surface area contributed by atoms with Crippen LogP contribution in [0.15, 0.2) is 73.2 Å². The first-order chi connectivity index (χ1) is 20.0. The number of nitrogens with two attached hydrogens (primary N) is 1. The molecule has 2 aromatic carbocycles. The van der Waals surface area contributed by atoms with Crippen molar-refractivity contribution in [3.05, 3.63) is 90.2 Å². The van der Waals surface area contributed by atoms with Crippen LogP contribution in [-0.2, 0) is 11.8 Å². The maximum atomic E-state index is 13.3. The first-order valence-corrected chi connectivity index (χ1v) is 13.7. The summed E-state index contributed by atoms with van der Waals surface area (Å²) >= 11 is 0. The third-order valence-electron chi connectivity index (χ3n) is 7.49. The molecular weight excluding hydrogens is 528 g/mol. The Morgan fingerprint density at radius 3 is 2.69 bits per heavy atom. The highest BCUT2D eigenvalue weighted by Gasteiger charge is 2.24. The van der Waals surface area contributed by atoms with Crippen LogP contribution in [0.2, 0.25) is 0 Å². The van der Waals surface area contributed by atoms with Gasteiger partial charge in [-0.15, -0.1) is 0 Å². The van der Waals surface area contributed by atoms with E-state index in [4.69, 9.17) is 10.7 Å². The zero-order valence-corrected chi connectivity index (χ0v) is 24.8. The average Bonchev–Trinajstić information content (AvgIpc) is 3.49. The number of nitrogen functional groups attached to an aromatic ring is 1. The van der Waals surface area contributed by atoms with Gasteiger partial charge in [-0.1, -0.05) is 24.3 Å². The van der Waals surface area contributed by atoms with Crippen LogP contribution in [0.3, 0.4) is 0 Å². The zero-order valence-electron chi connectivity index (χ0n) is 24.8. The number of carbonyl (C=O) groups excluding carboxylic acids is 2. The van der Waals surface area contributed by atoms with Gasteiger partial charge in [-0.25, -0.2) is 9.97 Å². The Balaban J connectivity index is 1.46. The monoisotopic (exact) mass is 564 g/mol. The molecule has 3 heterocycles. The normalized spacial score (nSPS) is 12.5. The summed E-state index contributed by atoms with van der Waals surface area (Å²) in [5.41, 5.74) is 11.7. The molecular formula is C32H36N8O2. The largest absolute Gasteiger partial charge is 0.382 e. The van der Waals surface area contributed by atoms with Crippen LogP contribution in [0.4, 0.5) is 11.5 Å². The Hall–Kier alpha value is -4.96. The molecule has 3 N–H and O–H groups in total. The fourth-order valence-electron chi connectivity index (χ4n) is 5.10. The summed E-state index contributed by atoms with van der Waals surface area (Å²) in [7, 11) is 7.63. The molecule has 1 atom stereocenters. The molecule has 5 rings (SSSR count). The number of anilines is 2. The van der Waals surface area contributed by atoms with Crippen LogP contribution < -0.4 is 11.1 Å². The van der Waals surface area contributed by atoms with Crippen molar-refractivity contribution in [1.29, 1.82) is 0 Å². The second-order valence-corrected chi connectivity index (χ2v) is 10.8. The average molecular weight is 565 g/mol. The van der Waals surface area contributed by atoms with Gasteiger partial charge in [-0.05, 0) is 57.8 Å². The van der Waals surface area contributed by atoms with Crippen molar-refractivity contribution >= 4 is 39.7 Å². The molecule has 0 spiro atoms. The van der Waals surface area contributed by atoms with E-state index in [0.717, 1.165) is 10.9 Å². The van der Waals surface area contributed by atoms with Crippen molar-refractivity contribution in [2.45, 2.75) is 19.9 Å². The number of nitrogens with one attached hydrogen (secondary N) is 1. The topological polar surface area (TPSA) is 114 Å². The molecule has 3 aromatic heterocycles. The molecule has 0 unspecified atom stereocenters. The van der Waals surface area contributed by atoms with Crippen LogP contribution in [0, 0.1) is 6.92 Å². The van der Waals surface area contributed by atoms with Gasteiger partial charge in [0.15, 0.2) is 0 Å². The highest BCUT2D eigenvalue weighted by Crippen LogP contribution is 2.32. The number of hydrogen-bond donors (Lipinski definition) is 2. The number of benzene rings is 2. The number of imidazole rings is 1. The molecule has 0 fully saturated rings. The number of aryl methyl sites for hydroxylation is 2. The molecule has 10 heteroatoms. The minimum absolute atomic E-state index is 0.132. The van der Waals surface area contributed by atoms with Gasteiger partial charge < -0.3 is 25.4 Å². The van der Waals surface area contributed by atoms with E-state index < -0.39 is 0 Å². The van der Waals surface area contributed by atoms with Crippen molar-refractivity contribution in [3.63, 3.8) is 0 Å². The minimum Gasteiger partial charge on any atom is -0.382 e. The van der Waals surface area contributed by atoms with E-state index in [2.05, 4.69) is 23.4 Å². The summed E-state index contributed by atoms with van der Waals surface area (Å²) in [5, 5.41) is 4.17. The molecule has 42 heavy (non-hydrogen) atoms. The lowest BCUT2D eigenvalue weighted by molar-refractivity contribution is -0.126. The van der Waals surface area contributed by atoms with Crippen LogP contribution in [0.5, 0.6) is 0 Å². The summed E-state index contributed by atoms with van der Waals surface area (Å²) in [6, 6.07) is 12.8. The molecule has 0 aliphatic rings. The highest BCUT2D eigenvalue weighted by atomic mass is 16.2. The van der Waals surface area contributed by atoms with E-state index in [1.54, 1.807) is 42.6 Å². The Kier molecular flexibility index (Phi) is 7.82. The predicted molar refractivity (Wildman–Crippen MR) is 167 cm³/mol. The smallest absolute Gasteiger partial charge is 0.255 e. The molecule has 5 aromatic rings. The van der Waals surface area contributed by atoms with Gasteiger partial charge >= 0.3 is 0 Å². The fourth-order valence-corrected chi connectivity index (χ4v) is 5.10. The van der Waals surface area contributed by atoms with Crippen molar-refractivity contribution in [2.24, 2.45) is 7.05 Å². The number of amides is 2. The Labute approximate surface area is 245 Å². The second kappa shape index (κ2) is 11.5. The Morgan fingerprint density at radius 2 is 1.93 bits per heavy atom. The van der Waals surface area contributed by atoms with Gasteiger partial charge in [-0.2, -0.15) is 0 Å². The number of rotatable bonds is 8. The molecule has 0 bridgehead atoms. The van der Waals surface area contributed by atoms with Gasteiger partial charge in [0.05, 0.1) is 11.6 Å². The van der Waals surface area contributed by atoms with E-state index in [0.29, 0.717) is 46.2 Å². The van der Waals surface area contributed by atoms with Gasteiger partial charge in [-0.3, -0.25) is 14.0 Å². The van der Waals surface area contributed by atoms with E-state index in [1.807, 2.05) is 78.3 Å². The minimum atomic E-state index is -0.368. The Bertz CT molecular complexity index is 1830. The molecule has 0 radical (unpaired) electrons. The first kappa shape index (κ1) is 28.6. The van der Waals surface area contributed by atoms with E-state index in [-0.39, 0.29) is 17.9 Å². The van der Waals surface area contributed by atoms with Crippen molar-refractivity contribution in [3.8, 4) is 11.3 Å². The van der Waals surface area contributed by atoms with Crippen LogP contribution in [0.25, 0.3) is 27.7 Å². The molecule has 2 amide bonds. The van der Waals surface area contributed by atoms with E-state index in [1.165, 1.54) is 5.56 Å². The fraction of sp³-hybridized carbons (Fsp3) is 0.250. The molecule has 216 valence electrons. The number of carbonyl (C=O) groups is 2. The number of nitrogens with zero attached hydrogens (tertiary/aromatic N) is 6. The SMILES string of the molecule is Cc1cn(C)c2cc(NC(=O)c3cccc(-c4nc([C@H](C)N(C)C(=O)/C=C/CN(C)C)n5ccnc(N)c45)c3)ccc12. The lowest BCUT2D eigenvalue weighted by atomic mass is 10.1. The lowest BCUT2D eigenvalue weighted by Crippen LogP contribution is -2.29. The summed E-state index contributed by atoms with van der Waals surface area (Å²) < 4.78 is 3.91. The summed E-state index contributed by atoms with van der Waals surface area (Å²) in [6.45, 7) is 4.65. The molecule has 0 aliphatic carbocycles. The zero-order chi connectivity index (χ0) is 30.1. The van der Waals surface area contributed by atoms with Crippen molar-refractivity contribution in [2.75, 3.05) is 38.7 Å². The molecule has 10 nitrogen and oxygen atoms in total. The lowest BCUT2D eigenvalue weighted by Gasteiger charge is -2.23. The second-order valence-electron chi connectivity index (χ2n) is 10.8. The molecule has 0 saturated carbocycles. The van der Waals surface area contributed by atoms with Gasteiger partial charge in [0, 0.05) is 67.5 Å². The molecule has 0 saturated heterocycles. The maximum absolute atomic E-state index is 13.3. The first-order valence-electron chi connectivity index (χ1n) is 13.7. The molecule has 0 aliphatic heterocycles. The van der Waals surface area contributed by atoms with Crippen molar-refractivity contribution in [1.82, 2.24) is 28.7 Å². The summed E-state index contributed by atoms with van der Waals surface area (Å²) in [6.07, 6.45) is 8.87. The maximum Gasteiger partial charge on any atom is 0.255 e. The summed E-state index contributed by atoms with van der Waals surface area (Å²) in [4.78, 5) is 39.1. The number of aromatic nitrogens is 4. The van der Waals surface area contributed by atoms with Gasteiger partial charge in [0.1, 0.15) is 22.9 Å². The third kappa shape index (κ3) is 5.48. The van der Waals surface area contributed by atoms with Gasteiger partial charge in [0.2, 0.25) is 5.91 Å². The Morgan fingerprint density at radius 1 is 1.14 bits per heavy atom. The van der Waals surface area contributed by atoms with Crippen LogP contribution in [0.1, 0.15) is 34.7 Å². The van der Waals surface area contributed by atoms with Crippen LogP contribution in [-0.4, -0.2) is 68.2 Å². The number of likely N-dealkylation sites (N-methyl/N-ethyl adjacent to an activating group) is 2. The van der Waals surface area contributed by atoms with E-state index >= 15 is 0 Å². The third-order valence-corrected chi connectivity index (χ3v) is 7.49. The predicted octanol–water partition coefficient (Wildman–Crippen LogP) is 4.67. The van der Waals surface area contributed by atoms with Crippen LogP contribution >= 0.6 is 0 Å².